The second-order valence-corrected chi connectivity index (χ2v) is 9.56. The zero-order valence-electron chi connectivity index (χ0n) is 16.7. The van der Waals surface area contributed by atoms with Gasteiger partial charge in [-0.15, -0.1) is 11.3 Å². The van der Waals surface area contributed by atoms with E-state index in [-0.39, 0.29) is 5.91 Å². The van der Waals surface area contributed by atoms with Crippen molar-refractivity contribution in [1.29, 1.82) is 0 Å². The summed E-state index contributed by atoms with van der Waals surface area (Å²) in [6.45, 7) is 2.24. The average Bonchev–Trinajstić information content (AvgIpc) is 3.40. The van der Waals surface area contributed by atoms with Gasteiger partial charge in [0.05, 0.1) is 17.2 Å². The molecule has 0 saturated carbocycles. The number of halogens is 1. The largest absolute Gasteiger partial charge is 0.490 e. The van der Waals surface area contributed by atoms with Crippen LogP contribution in [0, 0.1) is 0 Å². The van der Waals surface area contributed by atoms with E-state index in [1.807, 2.05) is 12.3 Å². The molecule has 0 unspecified atom stereocenters. The SMILES string of the molecule is CCOc1cc(/C=C2/SC(=S)N(c3ccc(Cl)cc3)C2=O)ccc1OC(=O)c1cccs1. The van der Waals surface area contributed by atoms with E-state index < -0.39 is 5.97 Å². The second kappa shape index (κ2) is 9.87. The molecule has 0 radical (unpaired) electrons. The summed E-state index contributed by atoms with van der Waals surface area (Å²) in [5.74, 6) is 0.0708. The Labute approximate surface area is 203 Å². The number of nitrogens with zero attached hydrogens (tertiary/aromatic N) is 1. The number of thiocarbonyl (C=S) groups is 1. The lowest BCUT2D eigenvalue weighted by atomic mass is 10.1. The smallest absolute Gasteiger partial charge is 0.353 e. The van der Waals surface area contributed by atoms with Gasteiger partial charge in [-0.05, 0) is 66.4 Å². The summed E-state index contributed by atoms with van der Waals surface area (Å²) in [6.07, 6.45) is 1.74. The van der Waals surface area contributed by atoms with Crippen LogP contribution >= 0.6 is 46.9 Å². The minimum atomic E-state index is -0.447. The van der Waals surface area contributed by atoms with Gasteiger partial charge in [0, 0.05) is 5.02 Å². The number of esters is 1. The van der Waals surface area contributed by atoms with Gasteiger partial charge in [0.25, 0.3) is 5.91 Å². The molecule has 0 spiro atoms. The zero-order chi connectivity index (χ0) is 22.7. The lowest BCUT2D eigenvalue weighted by molar-refractivity contribution is -0.113. The molecule has 32 heavy (non-hydrogen) atoms. The van der Waals surface area contributed by atoms with Gasteiger partial charge < -0.3 is 9.47 Å². The number of hydrogen-bond acceptors (Lipinski definition) is 7. The van der Waals surface area contributed by atoms with Crippen molar-refractivity contribution in [3.05, 3.63) is 80.3 Å². The summed E-state index contributed by atoms with van der Waals surface area (Å²) in [5, 5.41) is 2.39. The van der Waals surface area contributed by atoms with Crippen molar-refractivity contribution < 1.29 is 19.1 Å². The van der Waals surface area contributed by atoms with Crippen LogP contribution in [0.1, 0.15) is 22.2 Å². The number of hydrogen-bond donors (Lipinski definition) is 0. The van der Waals surface area contributed by atoms with E-state index in [1.165, 1.54) is 28.0 Å². The highest BCUT2D eigenvalue weighted by atomic mass is 35.5. The molecular weight excluding hydrogens is 486 g/mol. The number of anilines is 1. The fourth-order valence-electron chi connectivity index (χ4n) is 2.94. The Morgan fingerprint density at radius 3 is 2.62 bits per heavy atom. The molecule has 1 saturated heterocycles. The van der Waals surface area contributed by atoms with Crippen molar-refractivity contribution in [2.24, 2.45) is 0 Å². The van der Waals surface area contributed by atoms with E-state index in [0.29, 0.717) is 42.9 Å². The minimum absolute atomic E-state index is 0.214. The van der Waals surface area contributed by atoms with E-state index in [4.69, 9.17) is 33.3 Å². The molecule has 0 aliphatic carbocycles. The van der Waals surface area contributed by atoms with Gasteiger partial charge in [-0.3, -0.25) is 9.69 Å². The molecule has 1 amide bonds. The van der Waals surface area contributed by atoms with Crippen LogP contribution in [0.3, 0.4) is 0 Å². The van der Waals surface area contributed by atoms with Gasteiger partial charge in [-0.25, -0.2) is 4.79 Å². The van der Waals surface area contributed by atoms with Crippen molar-refractivity contribution in [3.8, 4) is 11.5 Å². The van der Waals surface area contributed by atoms with Gasteiger partial charge in [-0.2, -0.15) is 0 Å². The maximum atomic E-state index is 13.0. The van der Waals surface area contributed by atoms with E-state index in [2.05, 4.69) is 0 Å². The standard InChI is InChI=1S/C23H16ClNO4S3/c1-2-28-18-12-14(5-10-17(18)29-22(27)19-4-3-11-31-19)13-20-21(26)25(23(30)32-20)16-8-6-15(24)7-9-16/h3-13H,2H2,1H3/b20-13+. The second-order valence-electron chi connectivity index (χ2n) is 6.50. The molecule has 5 nitrogen and oxygen atoms in total. The Balaban J connectivity index is 1.58. The van der Waals surface area contributed by atoms with Crippen molar-refractivity contribution in [2.75, 3.05) is 11.5 Å². The Morgan fingerprint density at radius 1 is 1.16 bits per heavy atom. The number of thioether (sulfide) groups is 1. The summed E-state index contributed by atoms with van der Waals surface area (Å²) in [4.78, 5) is 27.7. The monoisotopic (exact) mass is 501 g/mol. The van der Waals surface area contributed by atoms with E-state index in [0.717, 1.165) is 5.56 Å². The number of benzene rings is 2. The minimum Gasteiger partial charge on any atom is -0.490 e. The summed E-state index contributed by atoms with van der Waals surface area (Å²) < 4.78 is 11.6. The Bertz CT molecular complexity index is 1210. The number of rotatable bonds is 6. The number of carbonyl (C=O) groups is 2. The third-order valence-electron chi connectivity index (χ3n) is 4.37. The number of carbonyl (C=O) groups excluding carboxylic acids is 2. The Hall–Kier alpha value is -2.65. The third-order valence-corrected chi connectivity index (χ3v) is 6.77. The molecule has 162 valence electrons. The molecule has 1 aliphatic rings. The first-order chi connectivity index (χ1) is 15.5. The van der Waals surface area contributed by atoms with E-state index in [1.54, 1.807) is 60.7 Å². The van der Waals surface area contributed by atoms with Crippen LogP contribution in [0.15, 0.2) is 64.9 Å². The molecule has 0 atom stereocenters. The quantitative estimate of drug-likeness (QED) is 0.168. The Morgan fingerprint density at radius 2 is 1.94 bits per heavy atom. The molecule has 3 aromatic rings. The molecule has 2 aromatic carbocycles. The third kappa shape index (κ3) is 4.88. The molecule has 4 rings (SSSR count). The molecule has 1 aliphatic heterocycles. The normalized spacial score (nSPS) is 14.8. The zero-order valence-corrected chi connectivity index (χ0v) is 19.9. The highest BCUT2D eigenvalue weighted by Crippen LogP contribution is 2.37. The molecule has 0 N–H and O–H groups in total. The molecule has 0 bridgehead atoms. The van der Waals surface area contributed by atoms with Crippen LogP contribution in [-0.4, -0.2) is 22.8 Å². The van der Waals surface area contributed by atoms with Gasteiger partial charge in [0.15, 0.2) is 15.8 Å². The fourth-order valence-corrected chi connectivity index (χ4v) is 4.97. The van der Waals surface area contributed by atoms with E-state index >= 15 is 0 Å². The predicted molar refractivity (Wildman–Crippen MR) is 134 cm³/mol. The van der Waals surface area contributed by atoms with Crippen LogP contribution in [0.4, 0.5) is 5.69 Å². The maximum absolute atomic E-state index is 13.0. The number of amides is 1. The van der Waals surface area contributed by atoms with Crippen molar-refractivity contribution in [3.63, 3.8) is 0 Å². The van der Waals surface area contributed by atoms with Crippen LogP contribution in [0.2, 0.25) is 5.02 Å². The van der Waals surface area contributed by atoms with Gasteiger partial charge >= 0.3 is 5.97 Å². The first-order valence-electron chi connectivity index (χ1n) is 9.52. The van der Waals surface area contributed by atoms with Gasteiger partial charge in [0.1, 0.15) is 4.88 Å². The van der Waals surface area contributed by atoms with Gasteiger partial charge in [-0.1, -0.05) is 47.7 Å². The molecule has 2 heterocycles. The van der Waals surface area contributed by atoms with Crippen LogP contribution in [0.5, 0.6) is 11.5 Å². The van der Waals surface area contributed by atoms with Crippen molar-refractivity contribution in [2.45, 2.75) is 6.92 Å². The van der Waals surface area contributed by atoms with Crippen molar-refractivity contribution in [1.82, 2.24) is 0 Å². The predicted octanol–water partition coefficient (Wildman–Crippen LogP) is 6.43. The fraction of sp³-hybridized carbons (Fsp3) is 0.0870. The summed E-state index contributed by atoms with van der Waals surface area (Å²) >= 11 is 13.9. The lowest BCUT2D eigenvalue weighted by Crippen LogP contribution is -2.27. The maximum Gasteiger partial charge on any atom is 0.353 e. The number of ether oxygens (including phenoxy) is 2. The van der Waals surface area contributed by atoms with E-state index in [9.17, 15) is 9.59 Å². The molecule has 9 heteroatoms. The average molecular weight is 502 g/mol. The molecule has 1 fully saturated rings. The lowest BCUT2D eigenvalue weighted by Gasteiger charge is -2.14. The van der Waals surface area contributed by atoms with Crippen molar-refractivity contribution >= 4 is 74.9 Å². The van der Waals surface area contributed by atoms with Crippen LogP contribution in [0.25, 0.3) is 6.08 Å². The highest BCUT2D eigenvalue weighted by Gasteiger charge is 2.33. The number of thiophene rings is 1. The highest BCUT2D eigenvalue weighted by molar-refractivity contribution is 8.27. The molecule has 1 aromatic heterocycles. The van der Waals surface area contributed by atoms with Crippen LogP contribution in [-0.2, 0) is 4.79 Å². The summed E-state index contributed by atoms with van der Waals surface area (Å²) in [6, 6.07) is 15.6. The van der Waals surface area contributed by atoms with Crippen LogP contribution < -0.4 is 14.4 Å². The summed E-state index contributed by atoms with van der Waals surface area (Å²) in [5.41, 5.74) is 1.38. The Kier molecular flexibility index (Phi) is 6.95. The first kappa shape index (κ1) is 22.5. The topological polar surface area (TPSA) is 55.8 Å². The van der Waals surface area contributed by atoms with Gasteiger partial charge in [0.2, 0.25) is 0 Å². The summed E-state index contributed by atoms with van der Waals surface area (Å²) in [7, 11) is 0. The first-order valence-corrected chi connectivity index (χ1v) is 12.0. The molecular formula is C23H16ClNO4S3.